The molecule has 0 aliphatic carbocycles. The molecule has 1 N–H and O–H groups in total. The van der Waals surface area contributed by atoms with Crippen molar-refractivity contribution < 1.29 is 19.4 Å². The highest BCUT2D eigenvalue weighted by molar-refractivity contribution is 5.90. The predicted molar refractivity (Wildman–Crippen MR) is 39.4 cm³/mol. The molecule has 2 rings (SSSR count). The van der Waals surface area contributed by atoms with Gasteiger partial charge in [0.05, 0.1) is 24.9 Å². The van der Waals surface area contributed by atoms with Crippen molar-refractivity contribution in [2.75, 3.05) is 7.11 Å². The maximum Gasteiger partial charge on any atom is 0.336 e. The zero-order chi connectivity index (χ0) is 8.72. The number of fused-ring (bicyclic) bond motifs is 2. The van der Waals surface area contributed by atoms with E-state index in [0.717, 1.165) is 0 Å². The van der Waals surface area contributed by atoms with E-state index in [1.807, 2.05) is 0 Å². The number of carbonyl (C=O) groups excluding carboxylic acids is 1. The van der Waals surface area contributed by atoms with Crippen LogP contribution in [0.4, 0.5) is 0 Å². The van der Waals surface area contributed by atoms with E-state index in [-0.39, 0.29) is 18.2 Å². The summed E-state index contributed by atoms with van der Waals surface area (Å²) in [4.78, 5) is 11.1. The number of hydrogen-bond donors (Lipinski definition) is 1. The molecule has 0 radical (unpaired) electrons. The van der Waals surface area contributed by atoms with Gasteiger partial charge in [-0.15, -0.1) is 0 Å². The first-order valence-electron chi connectivity index (χ1n) is 3.86. The molecule has 4 nitrogen and oxygen atoms in total. The van der Waals surface area contributed by atoms with E-state index in [4.69, 9.17) is 4.74 Å². The number of carbonyl (C=O) groups is 1. The van der Waals surface area contributed by atoms with Crippen LogP contribution in [-0.4, -0.2) is 36.5 Å². The number of hydrogen-bond acceptors (Lipinski definition) is 4. The van der Waals surface area contributed by atoms with Crippen molar-refractivity contribution in [2.45, 2.75) is 24.7 Å². The molecule has 66 valence electrons. The van der Waals surface area contributed by atoms with Gasteiger partial charge in [-0.1, -0.05) is 0 Å². The average Bonchev–Trinajstić information content (AvgIpc) is 2.60. The molecule has 1 saturated heterocycles. The summed E-state index contributed by atoms with van der Waals surface area (Å²) in [6, 6.07) is 0. The van der Waals surface area contributed by atoms with Crippen LogP contribution in [0.5, 0.6) is 0 Å². The van der Waals surface area contributed by atoms with Gasteiger partial charge in [-0.05, 0) is 6.08 Å². The lowest BCUT2D eigenvalue weighted by Crippen LogP contribution is -2.22. The Balaban J connectivity index is 2.17. The summed E-state index contributed by atoms with van der Waals surface area (Å²) in [5.74, 6) is -0.352. The summed E-state index contributed by atoms with van der Waals surface area (Å²) in [5.41, 5.74) is 0.549. The summed E-state index contributed by atoms with van der Waals surface area (Å²) < 4.78 is 9.83. The van der Waals surface area contributed by atoms with Crippen molar-refractivity contribution in [2.24, 2.45) is 0 Å². The minimum absolute atomic E-state index is 0.252. The van der Waals surface area contributed by atoms with Gasteiger partial charge in [-0.25, -0.2) is 4.79 Å². The van der Waals surface area contributed by atoms with E-state index in [1.54, 1.807) is 6.08 Å². The molecule has 0 unspecified atom stereocenters. The molecule has 2 bridgehead atoms. The monoisotopic (exact) mass is 170 g/mol. The van der Waals surface area contributed by atoms with Crippen LogP contribution in [0.15, 0.2) is 11.6 Å². The number of rotatable bonds is 1. The first kappa shape index (κ1) is 7.76. The Morgan fingerprint density at radius 2 is 2.58 bits per heavy atom. The number of methoxy groups -OCH3 is 1. The molecule has 2 aliphatic heterocycles. The predicted octanol–water partition coefficient (Wildman–Crippen LogP) is -0.382. The van der Waals surface area contributed by atoms with Crippen molar-refractivity contribution in [1.29, 1.82) is 0 Å². The lowest BCUT2D eigenvalue weighted by atomic mass is 9.97. The van der Waals surface area contributed by atoms with Gasteiger partial charge < -0.3 is 14.6 Å². The zero-order valence-electron chi connectivity index (χ0n) is 6.69. The maximum atomic E-state index is 11.1. The molecule has 12 heavy (non-hydrogen) atoms. The average molecular weight is 170 g/mol. The van der Waals surface area contributed by atoms with Crippen LogP contribution in [0.1, 0.15) is 6.42 Å². The highest BCUT2D eigenvalue weighted by Crippen LogP contribution is 2.34. The quantitative estimate of drug-likeness (QED) is 0.545. The van der Waals surface area contributed by atoms with Crippen LogP contribution >= 0.6 is 0 Å². The van der Waals surface area contributed by atoms with Crippen LogP contribution < -0.4 is 0 Å². The lowest BCUT2D eigenvalue weighted by molar-refractivity contribution is -0.137. The van der Waals surface area contributed by atoms with E-state index >= 15 is 0 Å². The Kier molecular flexibility index (Phi) is 1.66. The smallest absolute Gasteiger partial charge is 0.336 e. The van der Waals surface area contributed by atoms with Gasteiger partial charge >= 0.3 is 5.97 Å². The fourth-order valence-electron chi connectivity index (χ4n) is 1.64. The van der Waals surface area contributed by atoms with Crippen molar-refractivity contribution in [1.82, 2.24) is 0 Å². The molecular formula is C8H10O4. The molecule has 2 aliphatic rings. The van der Waals surface area contributed by atoms with Gasteiger partial charge in [0.25, 0.3) is 0 Å². The van der Waals surface area contributed by atoms with Gasteiger partial charge in [0.15, 0.2) is 0 Å². The topological polar surface area (TPSA) is 55.8 Å². The molecular weight excluding hydrogens is 160 g/mol. The van der Waals surface area contributed by atoms with E-state index in [2.05, 4.69) is 4.74 Å². The Morgan fingerprint density at radius 3 is 3.00 bits per heavy atom. The third-order valence-corrected chi connectivity index (χ3v) is 2.27. The Hall–Kier alpha value is -0.870. The number of aliphatic hydroxyl groups excluding tert-OH is 1. The highest BCUT2D eigenvalue weighted by Gasteiger charge is 2.43. The molecule has 3 atom stereocenters. The van der Waals surface area contributed by atoms with Crippen molar-refractivity contribution >= 4 is 5.97 Å². The SMILES string of the molecule is COC(=O)C1=C[C@H]2O[C@@H]1C[C@@H]2O. The normalized spacial score (nSPS) is 38.2. The van der Waals surface area contributed by atoms with Crippen molar-refractivity contribution in [3.8, 4) is 0 Å². The second-order valence-electron chi connectivity index (χ2n) is 3.01. The van der Waals surface area contributed by atoms with Crippen molar-refractivity contribution in [3.63, 3.8) is 0 Å². The summed E-state index contributed by atoms with van der Waals surface area (Å²) >= 11 is 0. The molecule has 0 spiro atoms. The fraction of sp³-hybridized carbons (Fsp3) is 0.625. The molecule has 2 heterocycles. The van der Waals surface area contributed by atoms with Crippen LogP contribution in [0.3, 0.4) is 0 Å². The summed E-state index contributed by atoms with van der Waals surface area (Å²) in [6.45, 7) is 0. The lowest BCUT2D eigenvalue weighted by Gasteiger charge is -2.10. The van der Waals surface area contributed by atoms with Gasteiger partial charge in [-0.2, -0.15) is 0 Å². The first-order valence-corrected chi connectivity index (χ1v) is 3.86. The summed E-state index contributed by atoms with van der Waals surface area (Å²) in [7, 11) is 1.34. The molecule has 1 fully saturated rings. The fourth-order valence-corrected chi connectivity index (χ4v) is 1.64. The number of esters is 1. The minimum atomic E-state index is -0.455. The molecule has 0 aromatic rings. The summed E-state index contributed by atoms with van der Waals surface area (Å²) in [6.07, 6.45) is 1.14. The first-order chi connectivity index (χ1) is 5.72. The summed E-state index contributed by atoms with van der Waals surface area (Å²) in [5, 5.41) is 9.27. The van der Waals surface area contributed by atoms with Gasteiger partial charge in [0.2, 0.25) is 0 Å². The Morgan fingerprint density at radius 1 is 1.83 bits per heavy atom. The van der Waals surface area contributed by atoms with Gasteiger partial charge in [-0.3, -0.25) is 0 Å². The van der Waals surface area contributed by atoms with Crippen LogP contribution in [0, 0.1) is 0 Å². The molecule has 4 heteroatoms. The molecule has 0 amide bonds. The second-order valence-corrected chi connectivity index (χ2v) is 3.01. The second kappa shape index (κ2) is 2.57. The maximum absolute atomic E-state index is 11.1. The van der Waals surface area contributed by atoms with Gasteiger partial charge in [0, 0.05) is 6.42 Å². The van der Waals surface area contributed by atoms with E-state index in [0.29, 0.717) is 12.0 Å². The largest absolute Gasteiger partial charge is 0.466 e. The minimum Gasteiger partial charge on any atom is -0.466 e. The third-order valence-electron chi connectivity index (χ3n) is 2.27. The van der Waals surface area contributed by atoms with Crippen LogP contribution in [-0.2, 0) is 14.3 Å². The molecule has 0 aromatic carbocycles. The van der Waals surface area contributed by atoms with E-state index in [9.17, 15) is 9.90 Å². The third kappa shape index (κ3) is 0.956. The zero-order valence-corrected chi connectivity index (χ0v) is 6.69. The van der Waals surface area contributed by atoms with Crippen LogP contribution in [0.2, 0.25) is 0 Å². The number of ether oxygens (including phenoxy) is 2. The molecule has 0 aromatic heterocycles. The van der Waals surface area contributed by atoms with E-state index < -0.39 is 6.10 Å². The number of aliphatic hydroxyl groups is 1. The highest BCUT2D eigenvalue weighted by atomic mass is 16.5. The van der Waals surface area contributed by atoms with Crippen LogP contribution in [0.25, 0.3) is 0 Å². The molecule has 0 saturated carbocycles. The van der Waals surface area contributed by atoms with Gasteiger partial charge in [0.1, 0.15) is 6.10 Å². The Labute approximate surface area is 69.8 Å². The standard InChI is InChI=1S/C8H10O4/c1-11-8(10)4-2-7-5(9)3-6(4)12-7/h2,5-7,9H,3H2,1H3/t5-,6+,7+/m0/s1. The van der Waals surface area contributed by atoms with E-state index in [1.165, 1.54) is 7.11 Å². The van der Waals surface area contributed by atoms with Crippen molar-refractivity contribution in [3.05, 3.63) is 11.6 Å². The Bertz CT molecular complexity index is 245.